The van der Waals surface area contributed by atoms with Gasteiger partial charge in [0, 0.05) is 31.7 Å². The highest BCUT2D eigenvalue weighted by atomic mass is 16.6. The molecule has 0 spiro atoms. The molecule has 4 atom stereocenters. The molecule has 0 aromatic carbocycles. The normalized spacial score (nSPS) is 32.7. The van der Waals surface area contributed by atoms with Gasteiger partial charge in [-0.25, -0.2) is 5.01 Å². The molecule has 124 valence electrons. The minimum Gasteiger partial charge on any atom is -0.383 e. The summed E-state index contributed by atoms with van der Waals surface area (Å²) in [6, 6.07) is 0.761. The van der Waals surface area contributed by atoms with Gasteiger partial charge < -0.3 is 14.6 Å². The van der Waals surface area contributed by atoms with E-state index in [0.29, 0.717) is 12.1 Å². The lowest BCUT2D eigenvalue weighted by atomic mass is 10.0. The molecular formula is C16H32N2O3. The number of ether oxygens (including phenoxy) is 2. The van der Waals surface area contributed by atoms with Crippen LogP contribution in [0.1, 0.15) is 52.9 Å². The van der Waals surface area contributed by atoms with Crippen molar-refractivity contribution in [3.05, 3.63) is 0 Å². The Balaban J connectivity index is 1.89. The SMILES string of the molecule is COC[C@@H]1CCCN1N[C@H]1CCC[C@@H]1C(O)OC(C)(C)C. The zero-order chi connectivity index (χ0) is 15.5. The molecule has 21 heavy (non-hydrogen) atoms. The number of methoxy groups -OCH3 is 1. The Morgan fingerprint density at radius 1 is 1.24 bits per heavy atom. The molecule has 1 unspecified atom stereocenters. The topological polar surface area (TPSA) is 54.0 Å². The van der Waals surface area contributed by atoms with Crippen LogP contribution in [0, 0.1) is 5.92 Å². The van der Waals surface area contributed by atoms with E-state index < -0.39 is 6.29 Å². The van der Waals surface area contributed by atoms with Gasteiger partial charge in [0.2, 0.25) is 0 Å². The average molecular weight is 300 g/mol. The largest absolute Gasteiger partial charge is 0.383 e. The fraction of sp³-hybridized carbons (Fsp3) is 1.00. The second-order valence-corrected chi connectivity index (χ2v) is 7.40. The number of aliphatic hydroxyl groups is 1. The molecule has 2 fully saturated rings. The van der Waals surface area contributed by atoms with E-state index in [1.807, 2.05) is 20.8 Å². The molecular weight excluding hydrogens is 268 g/mol. The van der Waals surface area contributed by atoms with Gasteiger partial charge in [-0.05, 0) is 46.5 Å². The molecule has 1 saturated heterocycles. The van der Waals surface area contributed by atoms with Crippen LogP contribution in [-0.4, -0.2) is 54.4 Å². The molecule has 2 aliphatic rings. The van der Waals surface area contributed by atoms with Crippen LogP contribution in [0.5, 0.6) is 0 Å². The van der Waals surface area contributed by atoms with Crippen LogP contribution in [-0.2, 0) is 9.47 Å². The van der Waals surface area contributed by atoms with Crippen molar-refractivity contribution in [1.82, 2.24) is 10.4 Å². The Labute approximate surface area is 129 Å². The Hall–Kier alpha value is -0.200. The highest BCUT2D eigenvalue weighted by Crippen LogP contribution is 2.32. The van der Waals surface area contributed by atoms with Crippen molar-refractivity contribution in [3.8, 4) is 0 Å². The first-order chi connectivity index (χ1) is 9.90. The van der Waals surface area contributed by atoms with E-state index in [9.17, 15) is 5.11 Å². The van der Waals surface area contributed by atoms with Gasteiger partial charge in [0.05, 0.1) is 12.2 Å². The Morgan fingerprint density at radius 3 is 2.67 bits per heavy atom. The van der Waals surface area contributed by atoms with E-state index in [0.717, 1.165) is 32.4 Å². The first-order valence-electron chi connectivity index (χ1n) is 8.28. The number of hydrazine groups is 1. The molecule has 2 N–H and O–H groups in total. The number of rotatable bonds is 6. The van der Waals surface area contributed by atoms with E-state index in [1.165, 1.54) is 12.8 Å². The van der Waals surface area contributed by atoms with Gasteiger partial charge in [-0.15, -0.1) is 0 Å². The van der Waals surface area contributed by atoms with Gasteiger partial charge in [-0.2, -0.15) is 0 Å². The summed E-state index contributed by atoms with van der Waals surface area (Å²) >= 11 is 0. The van der Waals surface area contributed by atoms with Crippen molar-refractivity contribution in [2.75, 3.05) is 20.3 Å². The van der Waals surface area contributed by atoms with E-state index >= 15 is 0 Å². The predicted octanol–water partition coefficient (Wildman–Crippen LogP) is 1.90. The van der Waals surface area contributed by atoms with Crippen LogP contribution < -0.4 is 5.43 Å². The Bertz CT molecular complexity index is 319. The number of nitrogens with zero attached hydrogens (tertiary/aromatic N) is 1. The summed E-state index contributed by atoms with van der Waals surface area (Å²) in [7, 11) is 1.76. The lowest BCUT2D eigenvalue weighted by Gasteiger charge is -2.34. The summed E-state index contributed by atoms with van der Waals surface area (Å²) in [5.41, 5.74) is 3.34. The van der Waals surface area contributed by atoms with Gasteiger partial charge in [0.15, 0.2) is 6.29 Å². The van der Waals surface area contributed by atoms with E-state index in [1.54, 1.807) is 7.11 Å². The maximum atomic E-state index is 10.4. The molecule has 2 rings (SSSR count). The van der Waals surface area contributed by atoms with Crippen molar-refractivity contribution in [2.45, 2.75) is 76.9 Å². The van der Waals surface area contributed by atoms with Gasteiger partial charge in [-0.3, -0.25) is 5.43 Å². The summed E-state index contributed by atoms with van der Waals surface area (Å²) in [5, 5.41) is 12.7. The number of nitrogens with one attached hydrogen (secondary N) is 1. The zero-order valence-corrected chi connectivity index (χ0v) is 14.0. The maximum Gasteiger partial charge on any atom is 0.159 e. The van der Waals surface area contributed by atoms with Crippen molar-refractivity contribution >= 4 is 0 Å². The zero-order valence-electron chi connectivity index (χ0n) is 14.0. The predicted molar refractivity (Wildman–Crippen MR) is 82.7 cm³/mol. The molecule has 0 aromatic rings. The first-order valence-corrected chi connectivity index (χ1v) is 8.28. The number of hydrogen-bond acceptors (Lipinski definition) is 5. The monoisotopic (exact) mass is 300 g/mol. The molecule has 0 radical (unpaired) electrons. The summed E-state index contributed by atoms with van der Waals surface area (Å²) < 4.78 is 11.1. The van der Waals surface area contributed by atoms with Crippen LogP contribution in [0.15, 0.2) is 0 Å². The Kier molecular flexibility index (Phi) is 6.03. The highest BCUT2D eigenvalue weighted by Gasteiger charge is 2.37. The minimum absolute atomic E-state index is 0.174. The summed E-state index contributed by atoms with van der Waals surface area (Å²) in [6.07, 6.45) is 4.98. The fourth-order valence-electron chi connectivity index (χ4n) is 3.52. The summed E-state index contributed by atoms with van der Waals surface area (Å²) in [6.45, 7) is 7.80. The minimum atomic E-state index is -0.687. The molecule has 0 aromatic heterocycles. The Morgan fingerprint density at radius 2 is 2.00 bits per heavy atom. The lowest BCUT2D eigenvalue weighted by Crippen LogP contribution is -2.52. The van der Waals surface area contributed by atoms with Crippen molar-refractivity contribution < 1.29 is 14.6 Å². The van der Waals surface area contributed by atoms with Gasteiger partial charge >= 0.3 is 0 Å². The van der Waals surface area contributed by atoms with Crippen molar-refractivity contribution in [2.24, 2.45) is 5.92 Å². The number of aliphatic hydroxyl groups excluding tert-OH is 1. The second kappa shape index (κ2) is 7.38. The molecule has 1 saturated carbocycles. The second-order valence-electron chi connectivity index (χ2n) is 7.40. The summed E-state index contributed by atoms with van der Waals surface area (Å²) in [5.74, 6) is 0.174. The molecule has 0 amide bonds. The third-order valence-corrected chi connectivity index (χ3v) is 4.48. The molecule has 5 nitrogen and oxygen atoms in total. The van der Waals surface area contributed by atoms with Crippen LogP contribution >= 0.6 is 0 Å². The molecule has 1 heterocycles. The molecule has 1 aliphatic carbocycles. The maximum absolute atomic E-state index is 10.4. The van der Waals surface area contributed by atoms with Crippen LogP contribution in [0.4, 0.5) is 0 Å². The average Bonchev–Trinajstić information content (AvgIpc) is 2.98. The van der Waals surface area contributed by atoms with E-state index in [4.69, 9.17) is 9.47 Å². The molecule has 0 bridgehead atoms. The highest BCUT2D eigenvalue weighted by molar-refractivity contribution is 4.87. The van der Waals surface area contributed by atoms with Gasteiger partial charge in [0.1, 0.15) is 0 Å². The van der Waals surface area contributed by atoms with E-state index in [-0.39, 0.29) is 11.5 Å². The number of hydrogen-bond donors (Lipinski definition) is 2. The first kappa shape index (κ1) is 17.2. The quantitative estimate of drug-likeness (QED) is 0.734. The van der Waals surface area contributed by atoms with Crippen LogP contribution in [0.2, 0.25) is 0 Å². The standard InChI is InChI=1S/C16H32N2O3/c1-16(2,3)21-15(19)13-8-5-9-14(13)17-18-10-6-7-12(18)11-20-4/h12-15,17,19H,5-11H2,1-4H3/t12-,13-,14-,15?/m0/s1. The third kappa shape index (κ3) is 4.89. The molecule has 1 aliphatic heterocycles. The van der Waals surface area contributed by atoms with Crippen LogP contribution in [0.25, 0.3) is 0 Å². The summed E-state index contributed by atoms with van der Waals surface area (Å²) in [4.78, 5) is 0. The van der Waals surface area contributed by atoms with Gasteiger partial charge in [-0.1, -0.05) is 6.42 Å². The van der Waals surface area contributed by atoms with Crippen LogP contribution in [0.3, 0.4) is 0 Å². The smallest absolute Gasteiger partial charge is 0.159 e. The van der Waals surface area contributed by atoms with Gasteiger partial charge in [0.25, 0.3) is 0 Å². The molecule has 5 heteroatoms. The third-order valence-electron chi connectivity index (χ3n) is 4.48. The van der Waals surface area contributed by atoms with Crippen molar-refractivity contribution in [1.29, 1.82) is 0 Å². The fourth-order valence-corrected chi connectivity index (χ4v) is 3.52. The lowest BCUT2D eigenvalue weighted by molar-refractivity contribution is -0.196. The van der Waals surface area contributed by atoms with Crippen molar-refractivity contribution in [3.63, 3.8) is 0 Å². The van der Waals surface area contributed by atoms with E-state index in [2.05, 4.69) is 10.4 Å².